The Labute approximate surface area is 172 Å². The van der Waals surface area contributed by atoms with Gasteiger partial charge >= 0.3 is 0 Å². The van der Waals surface area contributed by atoms with Gasteiger partial charge in [0.2, 0.25) is 0 Å². The summed E-state index contributed by atoms with van der Waals surface area (Å²) in [4.78, 5) is 0. The molecule has 3 aromatic rings. The molecule has 0 aromatic heterocycles. The summed E-state index contributed by atoms with van der Waals surface area (Å²) in [6.07, 6.45) is 0.687. The van der Waals surface area contributed by atoms with E-state index in [0.717, 1.165) is 28.2 Å². The molecular weight excluding hydrogens is 364 g/mol. The molecule has 3 aromatic carbocycles. The Morgan fingerprint density at radius 3 is 1.66 bits per heavy atom. The third-order valence-electron chi connectivity index (χ3n) is 4.92. The van der Waals surface area contributed by atoms with Gasteiger partial charge in [-0.15, -0.1) is 6.58 Å². The lowest BCUT2D eigenvalue weighted by atomic mass is 9.80. The van der Waals surface area contributed by atoms with E-state index in [1.54, 1.807) is 14.2 Å². The quantitative estimate of drug-likeness (QED) is 0.430. The van der Waals surface area contributed by atoms with E-state index in [4.69, 9.17) is 14.2 Å². The van der Waals surface area contributed by atoms with Crippen LogP contribution in [0.25, 0.3) is 0 Å². The molecule has 0 unspecified atom stereocenters. The van der Waals surface area contributed by atoms with E-state index < -0.39 is 11.7 Å². The molecule has 1 atom stereocenters. The normalized spacial score (nSPS) is 12.2. The van der Waals surface area contributed by atoms with Gasteiger partial charge in [0.25, 0.3) is 0 Å². The fourth-order valence-corrected chi connectivity index (χ4v) is 3.35. The standard InChI is InChI=1S/C25H26O4/c1-4-22(26)18-29-25(19-8-6-5-7-9-19,20-10-14-23(27-2)15-11-20)21-12-16-24(28-3)17-13-21/h4-17,22,26H,1,18H2,2-3H3/t22-/m0/s1. The van der Waals surface area contributed by atoms with Gasteiger partial charge in [0.1, 0.15) is 17.1 Å². The molecule has 3 rings (SSSR count). The summed E-state index contributed by atoms with van der Waals surface area (Å²) >= 11 is 0. The van der Waals surface area contributed by atoms with Gasteiger partial charge in [-0.2, -0.15) is 0 Å². The summed E-state index contributed by atoms with van der Waals surface area (Å²) < 4.78 is 17.1. The summed E-state index contributed by atoms with van der Waals surface area (Å²) in [7, 11) is 3.28. The highest BCUT2D eigenvalue weighted by Crippen LogP contribution is 2.41. The second-order valence-electron chi connectivity index (χ2n) is 6.62. The van der Waals surface area contributed by atoms with Crippen molar-refractivity contribution in [2.75, 3.05) is 20.8 Å². The van der Waals surface area contributed by atoms with E-state index in [9.17, 15) is 5.11 Å². The zero-order chi connectivity index (χ0) is 20.7. The fourth-order valence-electron chi connectivity index (χ4n) is 3.35. The lowest BCUT2D eigenvalue weighted by Crippen LogP contribution is -2.35. The molecule has 29 heavy (non-hydrogen) atoms. The molecule has 0 amide bonds. The molecule has 4 nitrogen and oxygen atoms in total. The van der Waals surface area contributed by atoms with E-state index in [-0.39, 0.29) is 6.61 Å². The Kier molecular flexibility index (Phi) is 6.70. The molecule has 0 spiro atoms. The highest BCUT2D eigenvalue weighted by molar-refractivity contribution is 5.49. The average Bonchev–Trinajstić information content (AvgIpc) is 2.80. The molecule has 150 valence electrons. The number of hydrogen-bond acceptors (Lipinski definition) is 4. The smallest absolute Gasteiger partial charge is 0.143 e. The first-order valence-electron chi connectivity index (χ1n) is 9.43. The molecule has 0 aliphatic carbocycles. The van der Waals surface area contributed by atoms with E-state index in [0.29, 0.717) is 0 Å². The lowest BCUT2D eigenvalue weighted by molar-refractivity contribution is -0.0248. The Balaban J connectivity index is 2.22. The second kappa shape index (κ2) is 9.41. The largest absolute Gasteiger partial charge is 0.497 e. The van der Waals surface area contributed by atoms with Gasteiger partial charge in [0.15, 0.2) is 0 Å². The minimum Gasteiger partial charge on any atom is -0.497 e. The summed E-state index contributed by atoms with van der Waals surface area (Å²) in [5, 5.41) is 10.1. The van der Waals surface area contributed by atoms with Crippen LogP contribution in [0.3, 0.4) is 0 Å². The van der Waals surface area contributed by atoms with Gasteiger partial charge in [0, 0.05) is 0 Å². The van der Waals surface area contributed by atoms with Crippen LogP contribution < -0.4 is 9.47 Å². The van der Waals surface area contributed by atoms with Crippen LogP contribution in [0.15, 0.2) is 91.5 Å². The topological polar surface area (TPSA) is 47.9 Å². The second-order valence-corrected chi connectivity index (χ2v) is 6.62. The minimum atomic E-state index is -0.927. The lowest BCUT2D eigenvalue weighted by Gasteiger charge is -2.36. The number of benzene rings is 3. The van der Waals surface area contributed by atoms with Crippen molar-refractivity contribution in [3.05, 3.63) is 108 Å². The van der Waals surface area contributed by atoms with Gasteiger partial charge in [-0.05, 0) is 41.0 Å². The van der Waals surface area contributed by atoms with E-state index in [1.807, 2.05) is 78.9 Å². The SMILES string of the molecule is C=C[C@H](O)COC(c1ccccc1)(c1ccc(OC)cc1)c1ccc(OC)cc1. The third kappa shape index (κ3) is 4.34. The Morgan fingerprint density at radius 1 is 0.793 bits per heavy atom. The third-order valence-corrected chi connectivity index (χ3v) is 4.92. The maximum absolute atomic E-state index is 10.1. The van der Waals surface area contributed by atoms with Crippen LogP contribution >= 0.6 is 0 Å². The van der Waals surface area contributed by atoms with Crippen molar-refractivity contribution in [2.24, 2.45) is 0 Å². The van der Waals surface area contributed by atoms with Crippen LogP contribution in [0.5, 0.6) is 11.5 Å². The van der Waals surface area contributed by atoms with Gasteiger partial charge in [-0.25, -0.2) is 0 Å². The average molecular weight is 390 g/mol. The number of aliphatic hydroxyl groups is 1. The predicted octanol–water partition coefficient (Wildman–Crippen LogP) is 4.56. The molecular formula is C25H26O4. The van der Waals surface area contributed by atoms with Crippen molar-refractivity contribution >= 4 is 0 Å². The van der Waals surface area contributed by atoms with Crippen LogP contribution in [0.4, 0.5) is 0 Å². The van der Waals surface area contributed by atoms with Crippen LogP contribution in [0, 0.1) is 0 Å². The highest BCUT2D eigenvalue weighted by atomic mass is 16.5. The number of methoxy groups -OCH3 is 2. The summed E-state index contributed by atoms with van der Waals surface area (Å²) in [6, 6.07) is 25.5. The van der Waals surface area contributed by atoms with Crippen LogP contribution in [-0.4, -0.2) is 32.0 Å². The van der Waals surface area contributed by atoms with E-state index >= 15 is 0 Å². The van der Waals surface area contributed by atoms with Crippen molar-refractivity contribution in [3.8, 4) is 11.5 Å². The summed E-state index contributed by atoms with van der Waals surface area (Å²) in [5.74, 6) is 1.52. The number of hydrogen-bond donors (Lipinski definition) is 1. The van der Waals surface area contributed by atoms with Crippen molar-refractivity contribution in [3.63, 3.8) is 0 Å². The van der Waals surface area contributed by atoms with Crippen LogP contribution in [0.2, 0.25) is 0 Å². The number of ether oxygens (including phenoxy) is 3. The van der Waals surface area contributed by atoms with E-state index in [1.165, 1.54) is 6.08 Å². The molecule has 0 bridgehead atoms. The van der Waals surface area contributed by atoms with E-state index in [2.05, 4.69) is 6.58 Å². The zero-order valence-corrected chi connectivity index (χ0v) is 16.7. The molecule has 0 saturated carbocycles. The minimum absolute atomic E-state index is 0.0937. The van der Waals surface area contributed by atoms with Crippen molar-refractivity contribution in [1.29, 1.82) is 0 Å². The maximum Gasteiger partial charge on any atom is 0.143 e. The maximum atomic E-state index is 10.1. The van der Waals surface area contributed by atoms with Gasteiger partial charge < -0.3 is 19.3 Å². The summed E-state index contributed by atoms with van der Waals surface area (Å²) in [6.45, 7) is 3.76. The zero-order valence-electron chi connectivity index (χ0n) is 16.7. The molecule has 0 aliphatic heterocycles. The van der Waals surface area contributed by atoms with Crippen LogP contribution in [0.1, 0.15) is 16.7 Å². The number of rotatable bonds is 9. The molecule has 1 N–H and O–H groups in total. The molecule has 4 heteroatoms. The summed E-state index contributed by atoms with van der Waals surface area (Å²) in [5.41, 5.74) is 1.87. The first kappa shape index (κ1) is 20.6. The molecule has 0 aliphatic rings. The van der Waals surface area contributed by atoms with Crippen molar-refractivity contribution < 1.29 is 19.3 Å². The number of aliphatic hydroxyl groups excluding tert-OH is 1. The first-order valence-corrected chi connectivity index (χ1v) is 9.43. The Bertz CT molecular complexity index is 854. The Morgan fingerprint density at radius 2 is 1.24 bits per heavy atom. The first-order chi connectivity index (χ1) is 14.1. The van der Waals surface area contributed by atoms with Crippen molar-refractivity contribution in [2.45, 2.75) is 11.7 Å². The monoisotopic (exact) mass is 390 g/mol. The fraction of sp³-hybridized carbons (Fsp3) is 0.200. The van der Waals surface area contributed by atoms with Gasteiger partial charge in [-0.1, -0.05) is 60.7 Å². The van der Waals surface area contributed by atoms with Crippen LogP contribution in [-0.2, 0) is 10.3 Å². The van der Waals surface area contributed by atoms with Gasteiger partial charge in [0.05, 0.1) is 26.9 Å². The molecule has 0 radical (unpaired) electrons. The predicted molar refractivity (Wildman–Crippen MR) is 114 cm³/mol. The highest BCUT2D eigenvalue weighted by Gasteiger charge is 2.38. The van der Waals surface area contributed by atoms with Gasteiger partial charge in [-0.3, -0.25) is 0 Å². The Hall–Kier alpha value is -3.08. The molecule has 0 heterocycles. The molecule has 0 fully saturated rings. The van der Waals surface area contributed by atoms with Crippen molar-refractivity contribution in [1.82, 2.24) is 0 Å². The molecule has 0 saturated heterocycles.